The Hall–Kier alpha value is -3.58. The Balaban J connectivity index is 1.81. The number of hydrogen-bond donors (Lipinski definition) is 3. The van der Waals surface area contributed by atoms with E-state index in [0.717, 1.165) is 0 Å². The van der Waals surface area contributed by atoms with Crippen LogP contribution in [0.15, 0.2) is 65.7 Å². The molecule has 1 aromatic heterocycles. The second-order valence-corrected chi connectivity index (χ2v) is 9.27. The van der Waals surface area contributed by atoms with Crippen molar-refractivity contribution in [1.82, 2.24) is 9.71 Å². The van der Waals surface area contributed by atoms with E-state index in [1.165, 1.54) is 54.7 Å². The largest absolute Gasteiger partial charge is 0.321 e. The Morgan fingerprint density at radius 3 is 2.28 bits per heavy atom. The van der Waals surface area contributed by atoms with E-state index < -0.39 is 21.5 Å². The van der Waals surface area contributed by atoms with Crippen molar-refractivity contribution in [2.24, 2.45) is 0 Å². The van der Waals surface area contributed by atoms with Gasteiger partial charge < -0.3 is 10.6 Å². The first kappa shape index (κ1) is 23.1. The Morgan fingerprint density at radius 2 is 1.66 bits per heavy atom. The molecule has 0 aliphatic heterocycles. The van der Waals surface area contributed by atoms with Gasteiger partial charge in [-0.25, -0.2) is 13.9 Å². The van der Waals surface area contributed by atoms with Gasteiger partial charge in [-0.1, -0.05) is 23.2 Å². The second-order valence-electron chi connectivity index (χ2n) is 6.37. The molecule has 3 N–H and O–H groups in total. The van der Waals surface area contributed by atoms with Gasteiger partial charge in [-0.05, 0) is 60.5 Å². The molecule has 1 heterocycles. The molecule has 0 saturated heterocycles. The number of aromatic nitrogens is 1. The summed E-state index contributed by atoms with van der Waals surface area (Å²) in [6.07, 6.45) is 2.98. The molecule has 1 atom stereocenters. The highest BCUT2D eigenvalue weighted by Gasteiger charge is 2.16. The number of carbonyl (C=O) groups is 2. The molecule has 2 aromatic carbocycles. The van der Waals surface area contributed by atoms with Crippen molar-refractivity contribution in [3.63, 3.8) is 0 Å². The van der Waals surface area contributed by atoms with E-state index >= 15 is 0 Å². The van der Waals surface area contributed by atoms with Crippen LogP contribution in [0.2, 0.25) is 10.0 Å². The lowest BCUT2D eigenvalue weighted by molar-refractivity contribution is 0.102. The summed E-state index contributed by atoms with van der Waals surface area (Å²) < 4.78 is 14.4. The minimum Gasteiger partial charge on any atom is -0.321 e. The number of nitrogens with zero attached hydrogens (tertiary/aromatic N) is 2. The van der Waals surface area contributed by atoms with Gasteiger partial charge in [-0.15, -0.1) is 0 Å². The quantitative estimate of drug-likeness (QED) is 0.275. The Kier molecular flexibility index (Phi) is 7.00. The maximum Gasteiger partial charge on any atom is 0.258 e. The summed E-state index contributed by atoms with van der Waals surface area (Å²) in [7, 11) is -2.99. The molecule has 0 radical (unpaired) electrons. The molecule has 0 fully saturated rings. The highest BCUT2D eigenvalue weighted by atomic mass is 35.5. The monoisotopic (exact) mass is 487 g/mol. The number of anilines is 2. The zero-order chi connectivity index (χ0) is 23.3. The van der Waals surface area contributed by atoms with Crippen LogP contribution in [0.3, 0.4) is 0 Å². The number of pyridine rings is 1. The van der Waals surface area contributed by atoms with Gasteiger partial charge in [0.15, 0.2) is 6.19 Å². The third-order valence-electron chi connectivity index (χ3n) is 4.15. The predicted molar refractivity (Wildman–Crippen MR) is 125 cm³/mol. The van der Waals surface area contributed by atoms with Crippen LogP contribution in [0.4, 0.5) is 11.5 Å². The van der Waals surface area contributed by atoms with Gasteiger partial charge in [0.1, 0.15) is 5.82 Å². The summed E-state index contributed by atoms with van der Waals surface area (Å²) in [6.45, 7) is 0. The summed E-state index contributed by atoms with van der Waals surface area (Å²) in [5.74, 6) is 2.70. The lowest BCUT2D eigenvalue weighted by Gasteiger charge is -2.12. The van der Waals surface area contributed by atoms with Crippen LogP contribution in [-0.2, 0) is 9.71 Å². The van der Waals surface area contributed by atoms with Crippen LogP contribution in [0.1, 0.15) is 20.7 Å². The molecular formula is C21H15Cl2N5O3S. The molecule has 11 heteroatoms. The number of halogens is 2. The van der Waals surface area contributed by atoms with Gasteiger partial charge in [-0.3, -0.25) is 9.59 Å². The zero-order valence-electron chi connectivity index (χ0n) is 16.3. The van der Waals surface area contributed by atoms with Crippen molar-refractivity contribution in [2.75, 3.05) is 10.6 Å². The summed E-state index contributed by atoms with van der Waals surface area (Å²) in [4.78, 5) is 29.7. The number of carbonyl (C=O) groups excluding carboxylic acids is 2. The number of rotatable bonds is 6. The number of amides is 2. The molecular weight excluding hydrogens is 473 g/mol. The van der Waals surface area contributed by atoms with Crippen molar-refractivity contribution in [3.05, 3.63) is 82.0 Å². The van der Waals surface area contributed by atoms with Crippen molar-refractivity contribution in [1.29, 1.82) is 5.26 Å². The number of benzene rings is 2. The lowest BCUT2D eigenvalue weighted by atomic mass is 10.1. The maximum atomic E-state index is 12.7. The second kappa shape index (κ2) is 9.70. The van der Waals surface area contributed by atoms with Crippen LogP contribution in [-0.4, -0.2) is 26.9 Å². The van der Waals surface area contributed by atoms with E-state index in [0.29, 0.717) is 10.0 Å². The SMILES string of the molecule is C=S(=O)(NC#N)c1ccc(C(=O)Nc2ccc(Cl)cc2C(=O)Nc2ccc(Cl)cn2)cc1. The van der Waals surface area contributed by atoms with Gasteiger partial charge in [0.2, 0.25) is 0 Å². The van der Waals surface area contributed by atoms with Crippen molar-refractivity contribution in [3.8, 4) is 6.19 Å². The van der Waals surface area contributed by atoms with Gasteiger partial charge >= 0.3 is 0 Å². The Bertz CT molecular complexity index is 1320. The molecule has 32 heavy (non-hydrogen) atoms. The van der Waals surface area contributed by atoms with E-state index in [-0.39, 0.29) is 27.5 Å². The average molecular weight is 488 g/mol. The first-order valence-corrected chi connectivity index (χ1v) is 11.3. The highest BCUT2D eigenvalue weighted by Crippen LogP contribution is 2.23. The normalized spacial score (nSPS) is 12.2. The van der Waals surface area contributed by atoms with Gasteiger partial charge in [0.05, 0.1) is 30.9 Å². The Morgan fingerprint density at radius 1 is 0.969 bits per heavy atom. The van der Waals surface area contributed by atoms with Crippen LogP contribution in [0.5, 0.6) is 0 Å². The molecule has 0 bridgehead atoms. The van der Waals surface area contributed by atoms with E-state index in [1.807, 2.05) is 0 Å². The highest BCUT2D eigenvalue weighted by molar-refractivity contribution is 7.98. The third kappa shape index (κ3) is 5.56. The fourth-order valence-corrected chi connectivity index (χ4v) is 3.72. The molecule has 8 nitrogen and oxygen atoms in total. The van der Waals surface area contributed by atoms with E-state index in [2.05, 4.69) is 26.2 Å². The average Bonchev–Trinajstić information content (AvgIpc) is 2.76. The van der Waals surface area contributed by atoms with Crippen molar-refractivity contribution in [2.45, 2.75) is 4.90 Å². The molecule has 0 saturated carbocycles. The minimum absolute atomic E-state index is 0.123. The summed E-state index contributed by atoms with van der Waals surface area (Å²) in [6, 6.07) is 13.3. The molecule has 162 valence electrons. The molecule has 3 aromatic rings. The van der Waals surface area contributed by atoms with Gasteiger partial charge in [0.25, 0.3) is 11.8 Å². The zero-order valence-corrected chi connectivity index (χ0v) is 18.6. The van der Waals surface area contributed by atoms with Gasteiger partial charge in [-0.2, -0.15) is 5.26 Å². The van der Waals surface area contributed by atoms with Crippen molar-refractivity contribution < 1.29 is 13.8 Å². The molecule has 0 aliphatic carbocycles. The van der Waals surface area contributed by atoms with E-state index in [1.54, 1.807) is 12.3 Å². The van der Waals surface area contributed by atoms with Crippen LogP contribution >= 0.6 is 23.2 Å². The van der Waals surface area contributed by atoms with Gasteiger partial charge in [0, 0.05) is 16.8 Å². The molecule has 2 amide bonds. The first-order valence-electron chi connectivity index (χ1n) is 8.86. The maximum absolute atomic E-state index is 12.7. The van der Waals surface area contributed by atoms with E-state index in [4.69, 9.17) is 28.5 Å². The predicted octanol–water partition coefficient (Wildman–Crippen LogP) is 3.95. The number of hydrogen-bond acceptors (Lipinski definition) is 5. The van der Waals surface area contributed by atoms with E-state index in [9.17, 15) is 13.8 Å². The van der Waals surface area contributed by atoms with Crippen LogP contribution in [0, 0.1) is 11.5 Å². The van der Waals surface area contributed by atoms with Crippen LogP contribution < -0.4 is 15.4 Å². The molecule has 1 unspecified atom stereocenters. The molecule has 0 aliphatic rings. The molecule has 0 spiro atoms. The summed E-state index contributed by atoms with van der Waals surface area (Å²) in [5.41, 5.74) is 0.585. The Labute approximate surface area is 194 Å². The minimum atomic E-state index is -2.99. The first-order chi connectivity index (χ1) is 15.2. The van der Waals surface area contributed by atoms with Crippen LogP contribution in [0.25, 0.3) is 0 Å². The smallest absolute Gasteiger partial charge is 0.258 e. The number of nitriles is 1. The summed E-state index contributed by atoms with van der Waals surface area (Å²) >= 11 is 11.8. The molecule has 3 rings (SSSR count). The fourth-order valence-electron chi connectivity index (χ4n) is 2.60. The third-order valence-corrected chi connectivity index (χ3v) is 6.06. The van der Waals surface area contributed by atoms with Crippen molar-refractivity contribution >= 4 is 62.1 Å². The topological polar surface area (TPSA) is 124 Å². The lowest BCUT2D eigenvalue weighted by Crippen LogP contribution is -2.19. The summed E-state index contributed by atoms with van der Waals surface area (Å²) in [5, 5.41) is 14.7. The number of nitrogens with one attached hydrogen (secondary N) is 3. The fraction of sp³-hybridized carbons (Fsp3) is 0. The standard InChI is InChI=1S/C21H15Cl2N5O3S/c1-32(31,26-12-24)16-6-2-13(3-7-16)20(29)27-18-8-4-14(22)10-17(18)21(30)28-19-9-5-15(23)11-25-19/h2-11H,1H2,(H,26,31)(H,27,29)(H,25,28,30).